The van der Waals surface area contributed by atoms with E-state index in [1.807, 2.05) is 0 Å². The quantitative estimate of drug-likeness (QED) is 0.610. The first-order chi connectivity index (χ1) is 14.5. The van der Waals surface area contributed by atoms with E-state index < -0.39 is 0 Å². The standard InChI is InChI=1S/C21H21BrN4O4/c1-29-19-7-6-16(9-17(19)22)30-12-25-18-8-13(10-23)11-24-20(18)26(21(25)28)14-2-4-15(27)5-3-14/h6-9,11,14-15,27H,2-5,12H2,1H3. The number of benzene rings is 1. The molecule has 0 spiro atoms. The van der Waals surface area contributed by atoms with Crippen LogP contribution in [-0.4, -0.2) is 32.4 Å². The van der Waals surface area contributed by atoms with Crippen LogP contribution in [0.4, 0.5) is 0 Å². The maximum absolute atomic E-state index is 13.3. The van der Waals surface area contributed by atoms with Gasteiger partial charge >= 0.3 is 5.69 Å². The molecule has 0 saturated heterocycles. The van der Waals surface area contributed by atoms with Crippen molar-refractivity contribution in [3.8, 4) is 17.6 Å². The van der Waals surface area contributed by atoms with Crippen molar-refractivity contribution in [2.24, 2.45) is 0 Å². The third kappa shape index (κ3) is 3.80. The van der Waals surface area contributed by atoms with Gasteiger partial charge in [0.1, 0.15) is 17.6 Å². The van der Waals surface area contributed by atoms with Crippen LogP contribution in [0.2, 0.25) is 0 Å². The van der Waals surface area contributed by atoms with E-state index in [0.717, 1.165) is 4.47 Å². The fraction of sp³-hybridized carbons (Fsp3) is 0.381. The van der Waals surface area contributed by atoms with Gasteiger partial charge in [-0.1, -0.05) is 0 Å². The first-order valence-electron chi connectivity index (χ1n) is 9.67. The Morgan fingerprint density at radius 2 is 2.07 bits per heavy atom. The number of imidazole rings is 1. The number of rotatable bonds is 5. The third-order valence-electron chi connectivity index (χ3n) is 5.45. The molecule has 1 aliphatic rings. The predicted octanol–water partition coefficient (Wildman–Crippen LogP) is 3.35. The Morgan fingerprint density at radius 3 is 2.73 bits per heavy atom. The number of hydrogen-bond acceptors (Lipinski definition) is 6. The molecule has 0 amide bonds. The van der Waals surface area contributed by atoms with E-state index in [-0.39, 0.29) is 24.6 Å². The van der Waals surface area contributed by atoms with Gasteiger partial charge in [-0.15, -0.1) is 0 Å². The summed E-state index contributed by atoms with van der Waals surface area (Å²) in [5, 5.41) is 19.1. The summed E-state index contributed by atoms with van der Waals surface area (Å²) >= 11 is 3.42. The molecule has 0 radical (unpaired) electrons. The molecule has 0 atom stereocenters. The summed E-state index contributed by atoms with van der Waals surface area (Å²) in [5.41, 5.74) is 1.22. The number of aliphatic hydroxyl groups is 1. The minimum absolute atomic E-state index is 0.0208. The second-order valence-electron chi connectivity index (χ2n) is 7.29. The van der Waals surface area contributed by atoms with E-state index in [0.29, 0.717) is 53.9 Å². The van der Waals surface area contributed by atoms with Crippen molar-refractivity contribution in [2.45, 2.75) is 44.6 Å². The lowest BCUT2D eigenvalue weighted by Crippen LogP contribution is -2.31. The smallest absolute Gasteiger partial charge is 0.333 e. The number of aliphatic hydroxyl groups excluding tert-OH is 1. The summed E-state index contributed by atoms with van der Waals surface area (Å²) in [6.07, 6.45) is 3.86. The number of fused-ring (bicyclic) bond motifs is 1. The van der Waals surface area contributed by atoms with Crippen molar-refractivity contribution >= 4 is 27.1 Å². The van der Waals surface area contributed by atoms with Crippen molar-refractivity contribution in [2.75, 3.05) is 7.11 Å². The van der Waals surface area contributed by atoms with Crippen LogP contribution in [0.5, 0.6) is 11.5 Å². The van der Waals surface area contributed by atoms with Gasteiger partial charge in [0.15, 0.2) is 12.4 Å². The van der Waals surface area contributed by atoms with E-state index in [1.165, 1.54) is 10.8 Å². The SMILES string of the molecule is COc1ccc(OCn2c(=O)n(C3CCC(O)CC3)c3ncc(C#N)cc32)cc1Br. The molecule has 1 N–H and O–H groups in total. The average Bonchev–Trinajstić information content (AvgIpc) is 3.03. The van der Waals surface area contributed by atoms with E-state index in [2.05, 4.69) is 27.0 Å². The van der Waals surface area contributed by atoms with Crippen LogP contribution in [0.1, 0.15) is 37.3 Å². The first-order valence-corrected chi connectivity index (χ1v) is 10.5. The summed E-state index contributed by atoms with van der Waals surface area (Å²) in [4.78, 5) is 17.7. The van der Waals surface area contributed by atoms with Gasteiger partial charge in [-0.3, -0.25) is 9.13 Å². The number of ether oxygens (including phenoxy) is 2. The Balaban J connectivity index is 1.71. The van der Waals surface area contributed by atoms with E-state index in [9.17, 15) is 15.2 Å². The molecular formula is C21H21BrN4O4. The summed E-state index contributed by atoms with van der Waals surface area (Å²) < 4.78 is 15.0. The maximum atomic E-state index is 13.3. The predicted molar refractivity (Wildman–Crippen MR) is 114 cm³/mol. The van der Waals surface area contributed by atoms with Crippen LogP contribution in [-0.2, 0) is 6.73 Å². The summed E-state index contributed by atoms with van der Waals surface area (Å²) in [7, 11) is 1.58. The number of halogens is 1. The molecule has 156 valence electrons. The van der Waals surface area contributed by atoms with Crippen molar-refractivity contribution in [1.29, 1.82) is 5.26 Å². The number of nitriles is 1. The van der Waals surface area contributed by atoms with E-state index in [4.69, 9.17) is 9.47 Å². The van der Waals surface area contributed by atoms with E-state index in [1.54, 1.807) is 35.9 Å². The molecule has 30 heavy (non-hydrogen) atoms. The zero-order valence-electron chi connectivity index (χ0n) is 16.4. The van der Waals surface area contributed by atoms with Gasteiger partial charge in [0.2, 0.25) is 0 Å². The maximum Gasteiger partial charge on any atom is 0.333 e. The Morgan fingerprint density at radius 1 is 1.30 bits per heavy atom. The lowest BCUT2D eigenvalue weighted by atomic mass is 9.93. The number of nitrogens with zero attached hydrogens (tertiary/aromatic N) is 4. The molecule has 8 nitrogen and oxygen atoms in total. The highest BCUT2D eigenvalue weighted by Crippen LogP contribution is 2.31. The fourth-order valence-corrected chi connectivity index (χ4v) is 4.38. The minimum Gasteiger partial charge on any atom is -0.496 e. The van der Waals surface area contributed by atoms with Gasteiger partial charge in [-0.25, -0.2) is 9.78 Å². The normalized spacial score (nSPS) is 18.9. The Hall–Kier alpha value is -2.83. The average molecular weight is 473 g/mol. The summed E-state index contributed by atoms with van der Waals surface area (Å²) in [6.45, 7) is -0.0208. The Labute approximate surface area is 181 Å². The highest BCUT2D eigenvalue weighted by Gasteiger charge is 2.26. The zero-order chi connectivity index (χ0) is 21.3. The van der Waals surface area contributed by atoms with Crippen LogP contribution in [0.15, 0.2) is 39.7 Å². The Kier molecular flexibility index (Phi) is 5.79. The van der Waals surface area contributed by atoms with Gasteiger partial charge in [0, 0.05) is 12.2 Å². The second kappa shape index (κ2) is 8.50. The summed E-state index contributed by atoms with van der Waals surface area (Å²) in [6, 6.07) is 8.99. The number of aromatic nitrogens is 3. The lowest BCUT2D eigenvalue weighted by molar-refractivity contribution is 0.110. The molecule has 3 aromatic rings. The van der Waals surface area contributed by atoms with Crippen molar-refractivity contribution < 1.29 is 14.6 Å². The molecule has 4 rings (SSSR count). The van der Waals surface area contributed by atoms with Crippen LogP contribution >= 0.6 is 15.9 Å². The number of hydrogen-bond donors (Lipinski definition) is 1. The van der Waals surface area contributed by atoms with Gasteiger partial charge < -0.3 is 14.6 Å². The van der Waals surface area contributed by atoms with E-state index >= 15 is 0 Å². The van der Waals surface area contributed by atoms with Crippen molar-refractivity contribution in [1.82, 2.24) is 14.1 Å². The molecule has 1 fully saturated rings. The summed E-state index contributed by atoms with van der Waals surface area (Å²) in [5.74, 6) is 1.25. The van der Waals surface area contributed by atoms with Crippen molar-refractivity contribution in [3.05, 3.63) is 51.0 Å². The van der Waals surface area contributed by atoms with Crippen LogP contribution in [0.25, 0.3) is 11.2 Å². The lowest BCUT2D eigenvalue weighted by Gasteiger charge is -2.26. The van der Waals surface area contributed by atoms with Crippen LogP contribution in [0, 0.1) is 11.3 Å². The molecule has 2 heterocycles. The number of pyridine rings is 1. The molecule has 1 saturated carbocycles. The highest BCUT2D eigenvalue weighted by atomic mass is 79.9. The molecule has 0 bridgehead atoms. The molecule has 1 aromatic carbocycles. The van der Waals surface area contributed by atoms with Gasteiger partial charge in [0.05, 0.1) is 28.8 Å². The first kappa shape index (κ1) is 20.4. The van der Waals surface area contributed by atoms with Crippen molar-refractivity contribution in [3.63, 3.8) is 0 Å². The van der Waals surface area contributed by atoms with Gasteiger partial charge in [-0.05, 0) is 65.9 Å². The minimum atomic E-state index is -0.319. The molecule has 0 aliphatic heterocycles. The van der Waals surface area contributed by atoms with Gasteiger partial charge in [0.25, 0.3) is 0 Å². The molecule has 2 aromatic heterocycles. The highest BCUT2D eigenvalue weighted by molar-refractivity contribution is 9.10. The molecule has 9 heteroatoms. The Bertz CT molecular complexity index is 1170. The topological polar surface area (TPSA) is 102 Å². The monoisotopic (exact) mass is 472 g/mol. The fourth-order valence-electron chi connectivity index (χ4n) is 3.86. The van der Waals surface area contributed by atoms with Crippen LogP contribution in [0.3, 0.4) is 0 Å². The van der Waals surface area contributed by atoms with Gasteiger partial charge in [-0.2, -0.15) is 5.26 Å². The molecule has 0 unspecified atom stereocenters. The second-order valence-corrected chi connectivity index (χ2v) is 8.15. The third-order valence-corrected chi connectivity index (χ3v) is 6.07. The number of methoxy groups -OCH3 is 1. The van der Waals surface area contributed by atoms with Crippen LogP contribution < -0.4 is 15.2 Å². The molecule has 1 aliphatic carbocycles. The largest absolute Gasteiger partial charge is 0.496 e. The molecular weight excluding hydrogens is 452 g/mol. The zero-order valence-corrected chi connectivity index (χ0v) is 18.0.